The van der Waals surface area contributed by atoms with Gasteiger partial charge in [-0.3, -0.25) is 10.1 Å². The van der Waals surface area contributed by atoms with E-state index in [1.165, 1.54) is 0 Å². The number of amides is 1. The van der Waals surface area contributed by atoms with Gasteiger partial charge in [0, 0.05) is 20.3 Å². The van der Waals surface area contributed by atoms with Crippen LogP contribution >= 0.6 is 0 Å². The van der Waals surface area contributed by atoms with Gasteiger partial charge < -0.3 is 14.4 Å². The molecule has 0 saturated carbocycles. The van der Waals surface area contributed by atoms with E-state index in [4.69, 9.17) is 9.47 Å². The summed E-state index contributed by atoms with van der Waals surface area (Å²) in [4.78, 5) is 14.2. The molecule has 1 aliphatic heterocycles. The zero-order valence-electron chi connectivity index (χ0n) is 12.6. The third-order valence-corrected chi connectivity index (χ3v) is 3.77. The van der Waals surface area contributed by atoms with Crippen molar-refractivity contribution < 1.29 is 14.3 Å². The number of hydrogen-bond acceptors (Lipinski definition) is 4. The summed E-state index contributed by atoms with van der Waals surface area (Å²) in [5.41, 5.74) is 0. The van der Waals surface area contributed by atoms with Crippen molar-refractivity contribution in [2.75, 3.05) is 33.5 Å². The molecule has 1 fully saturated rings. The molecule has 0 aromatic carbocycles. The predicted octanol–water partition coefficient (Wildman–Crippen LogP) is 1.23. The molecule has 5 heteroatoms. The molecule has 1 amide bonds. The molecule has 1 heterocycles. The Hall–Kier alpha value is -0.650. The number of carbonyl (C=O) groups excluding carboxylic acids is 1. The summed E-state index contributed by atoms with van der Waals surface area (Å²) < 4.78 is 10.3. The average Bonchev–Trinajstić information content (AvgIpc) is 2.69. The summed E-state index contributed by atoms with van der Waals surface area (Å²) >= 11 is 0. The van der Waals surface area contributed by atoms with E-state index in [0.29, 0.717) is 25.7 Å². The highest BCUT2D eigenvalue weighted by Crippen LogP contribution is 2.19. The quantitative estimate of drug-likeness (QED) is 0.642. The maximum atomic E-state index is 12.3. The van der Waals surface area contributed by atoms with Gasteiger partial charge in [0.2, 0.25) is 5.91 Å². The first-order valence-electron chi connectivity index (χ1n) is 7.25. The minimum absolute atomic E-state index is 0.0191. The first-order valence-corrected chi connectivity index (χ1v) is 7.25. The monoisotopic (exact) mass is 272 g/mol. The van der Waals surface area contributed by atoms with Gasteiger partial charge in [0.1, 0.15) is 0 Å². The van der Waals surface area contributed by atoms with Crippen LogP contribution in [0.2, 0.25) is 0 Å². The lowest BCUT2D eigenvalue weighted by atomic mass is 9.99. The zero-order chi connectivity index (χ0) is 14.3. The Morgan fingerprint density at radius 1 is 1.37 bits per heavy atom. The predicted molar refractivity (Wildman–Crippen MR) is 74.9 cm³/mol. The van der Waals surface area contributed by atoms with E-state index < -0.39 is 0 Å². The van der Waals surface area contributed by atoms with Crippen LogP contribution in [0.3, 0.4) is 0 Å². The minimum Gasteiger partial charge on any atom is -0.382 e. The van der Waals surface area contributed by atoms with E-state index in [1.807, 2.05) is 11.8 Å². The van der Waals surface area contributed by atoms with Crippen molar-refractivity contribution in [3.8, 4) is 0 Å². The number of hydrogen-bond donors (Lipinski definition) is 1. The number of nitrogens with zero attached hydrogens (tertiary/aromatic N) is 1. The molecule has 19 heavy (non-hydrogen) atoms. The SMILES string of the molecule is CCC(C)C1NC(C)N(CCCOCCOC)C1=O. The maximum absolute atomic E-state index is 12.3. The summed E-state index contributed by atoms with van der Waals surface area (Å²) in [6.07, 6.45) is 2.02. The molecule has 1 N–H and O–H groups in total. The van der Waals surface area contributed by atoms with Crippen molar-refractivity contribution in [1.29, 1.82) is 0 Å². The summed E-state index contributed by atoms with van der Waals surface area (Å²) in [5, 5.41) is 3.38. The van der Waals surface area contributed by atoms with Gasteiger partial charge in [-0.05, 0) is 19.3 Å². The van der Waals surface area contributed by atoms with Gasteiger partial charge in [-0.2, -0.15) is 0 Å². The normalized spacial score (nSPS) is 25.1. The highest BCUT2D eigenvalue weighted by atomic mass is 16.5. The second kappa shape index (κ2) is 8.51. The summed E-state index contributed by atoms with van der Waals surface area (Å²) in [5.74, 6) is 0.622. The Kier molecular flexibility index (Phi) is 7.34. The smallest absolute Gasteiger partial charge is 0.241 e. The molecule has 1 rings (SSSR count). The largest absolute Gasteiger partial charge is 0.382 e. The van der Waals surface area contributed by atoms with E-state index in [-0.39, 0.29) is 18.1 Å². The highest BCUT2D eigenvalue weighted by Gasteiger charge is 2.38. The Morgan fingerprint density at radius 3 is 2.74 bits per heavy atom. The molecule has 5 nitrogen and oxygen atoms in total. The van der Waals surface area contributed by atoms with E-state index in [1.54, 1.807) is 7.11 Å². The number of methoxy groups -OCH3 is 1. The second-order valence-corrected chi connectivity index (χ2v) is 5.20. The molecule has 0 spiro atoms. The van der Waals surface area contributed by atoms with Crippen LogP contribution in [0.25, 0.3) is 0 Å². The Bertz CT molecular complexity index is 273. The molecule has 0 aromatic rings. The summed E-state index contributed by atoms with van der Waals surface area (Å²) in [6.45, 7) is 8.97. The van der Waals surface area contributed by atoms with Gasteiger partial charge >= 0.3 is 0 Å². The molecule has 0 radical (unpaired) electrons. The summed E-state index contributed by atoms with van der Waals surface area (Å²) in [6, 6.07) is -0.0191. The van der Waals surface area contributed by atoms with Crippen LogP contribution in [0.15, 0.2) is 0 Å². The Labute approximate surface area is 116 Å². The molecule has 1 aliphatic rings. The third kappa shape index (κ3) is 4.75. The fourth-order valence-corrected chi connectivity index (χ4v) is 2.32. The molecular weight excluding hydrogens is 244 g/mol. The first kappa shape index (κ1) is 16.4. The summed E-state index contributed by atoms with van der Waals surface area (Å²) in [7, 11) is 1.66. The Morgan fingerprint density at radius 2 is 2.11 bits per heavy atom. The number of carbonyl (C=O) groups is 1. The van der Waals surface area contributed by atoms with E-state index >= 15 is 0 Å². The molecule has 0 aromatic heterocycles. The van der Waals surface area contributed by atoms with Gasteiger partial charge in [-0.25, -0.2) is 0 Å². The lowest BCUT2D eigenvalue weighted by molar-refractivity contribution is -0.130. The lowest BCUT2D eigenvalue weighted by Crippen LogP contribution is -2.36. The van der Waals surface area contributed by atoms with Crippen LogP contribution in [0, 0.1) is 5.92 Å². The van der Waals surface area contributed by atoms with Crippen LogP contribution in [-0.4, -0.2) is 56.5 Å². The molecular formula is C14H28N2O3. The highest BCUT2D eigenvalue weighted by molar-refractivity contribution is 5.84. The molecule has 1 saturated heterocycles. The fraction of sp³-hybridized carbons (Fsp3) is 0.929. The third-order valence-electron chi connectivity index (χ3n) is 3.77. The van der Waals surface area contributed by atoms with Crippen molar-refractivity contribution in [3.05, 3.63) is 0 Å². The lowest BCUT2D eigenvalue weighted by Gasteiger charge is -2.20. The molecule has 3 atom stereocenters. The molecule has 0 aliphatic carbocycles. The number of nitrogens with one attached hydrogen (secondary N) is 1. The maximum Gasteiger partial charge on any atom is 0.241 e. The van der Waals surface area contributed by atoms with E-state index in [2.05, 4.69) is 19.2 Å². The Balaban J connectivity index is 2.28. The number of ether oxygens (including phenoxy) is 2. The van der Waals surface area contributed by atoms with Crippen molar-refractivity contribution >= 4 is 5.91 Å². The second-order valence-electron chi connectivity index (χ2n) is 5.20. The van der Waals surface area contributed by atoms with Crippen molar-refractivity contribution in [2.24, 2.45) is 5.92 Å². The standard InChI is InChI=1S/C14H28N2O3/c1-5-11(2)13-14(17)16(12(3)15-13)7-6-8-19-10-9-18-4/h11-13,15H,5-10H2,1-4H3. The van der Waals surface area contributed by atoms with Gasteiger partial charge in [-0.15, -0.1) is 0 Å². The van der Waals surface area contributed by atoms with Crippen molar-refractivity contribution in [1.82, 2.24) is 10.2 Å². The van der Waals surface area contributed by atoms with E-state index in [9.17, 15) is 4.79 Å². The first-order chi connectivity index (χ1) is 9.11. The molecule has 112 valence electrons. The molecule has 3 unspecified atom stereocenters. The van der Waals surface area contributed by atoms with Gasteiger partial charge in [0.15, 0.2) is 0 Å². The van der Waals surface area contributed by atoms with Crippen LogP contribution < -0.4 is 5.32 Å². The van der Waals surface area contributed by atoms with E-state index in [0.717, 1.165) is 19.4 Å². The van der Waals surface area contributed by atoms with Crippen molar-refractivity contribution in [2.45, 2.75) is 45.8 Å². The van der Waals surface area contributed by atoms with Crippen LogP contribution in [0.1, 0.15) is 33.6 Å². The average molecular weight is 272 g/mol. The topological polar surface area (TPSA) is 50.8 Å². The van der Waals surface area contributed by atoms with Gasteiger partial charge in [0.05, 0.1) is 25.4 Å². The van der Waals surface area contributed by atoms with Gasteiger partial charge in [0.25, 0.3) is 0 Å². The van der Waals surface area contributed by atoms with Gasteiger partial charge in [-0.1, -0.05) is 20.3 Å². The minimum atomic E-state index is -0.0191. The van der Waals surface area contributed by atoms with Crippen LogP contribution in [0.4, 0.5) is 0 Å². The van der Waals surface area contributed by atoms with Crippen molar-refractivity contribution in [3.63, 3.8) is 0 Å². The van der Waals surface area contributed by atoms with Crippen LogP contribution in [-0.2, 0) is 14.3 Å². The number of rotatable bonds is 9. The molecule has 0 bridgehead atoms. The van der Waals surface area contributed by atoms with Crippen LogP contribution in [0.5, 0.6) is 0 Å². The zero-order valence-corrected chi connectivity index (χ0v) is 12.6. The fourth-order valence-electron chi connectivity index (χ4n) is 2.32.